The summed E-state index contributed by atoms with van der Waals surface area (Å²) in [6.07, 6.45) is 0. The quantitative estimate of drug-likeness (QED) is 0.862. The molecule has 1 aromatic carbocycles. The molecule has 0 aliphatic heterocycles. The Hall–Kier alpha value is -2.16. The number of amides is 1. The van der Waals surface area contributed by atoms with Crippen LogP contribution in [0.3, 0.4) is 0 Å². The minimum atomic E-state index is -0.562. The van der Waals surface area contributed by atoms with Crippen molar-refractivity contribution < 1.29 is 18.7 Å². The van der Waals surface area contributed by atoms with Gasteiger partial charge in [0.15, 0.2) is 18.2 Å². The number of H-pyrrole nitrogens is 1. The highest BCUT2D eigenvalue weighted by atomic mass is 79.9. The van der Waals surface area contributed by atoms with Crippen molar-refractivity contribution in [2.75, 3.05) is 19.0 Å². The molecule has 0 saturated carbocycles. The van der Waals surface area contributed by atoms with Gasteiger partial charge in [0.05, 0.1) is 7.11 Å². The fraction of sp³-hybridized carbons (Fsp3) is 0.182. The highest BCUT2D eigenvalue weighted by molar-refractivity contribution is 9.10. The number of hydrogen-bond donors (Lipinski definition) is 2. The zero-order valence-electron chi connectivity index (χ0n) is 10.3. The maximum absolute atomic E-state index is 13.4. The first-order chi connectivity index (χ1) is 9.58. The lowest BCUT2D eigenvalue weighted by molar-refractivity contribution is -0.118. The van der Waals surface area contributed by atoms with E-state index in [0.717, 1.165) is 0 Å². The van der Waals surface area contributed by atoms with Crippen LogP contribution in [0.5, 0.6) is 11.8 Å². The second-order valence-electron chi connectivity index (χ2n) is 3.58. The third-order valence-corrected chi connectivity index (χ3v) is 2.65. The maximum Gasteiger partial charge on any atom is 0.336 e. The molecule has 7 nitrogen and oxygen atoms in total. The van der Waals surface area contributed by atoms with Crippen molar-refractivity contribution in [3.05, 3.63) is 28.5 Å². The highest BCUT2D eigenvalue weighted by Crippen LogP contribution is 2.21. The first kappa shape index (κ1) is 14.3. The Kier molecular flexibility index (Phi) is 4.51. The van der Waals surface area contributed by atoms with Gasteiger partial charge in [-0.2, -0.15) is 4.98 Å². The second-order valence-corrected chi connectivity index (χ2v) is 4.50. The van der Waals surface area contributed by atoms with Crippen LogP contribution in [0, 0.1) is 5.82 Å². The van der Waals surface area contributed by atoms with Crippen molar-refractivity contribution in [2.45, 2.75) is 0 Å². The number of anilines is 1. The van der Waals surface area contributed by atoms with Crippen molar-refractivity contribution >= 4 is 27.8 Å². The summed E-state index contributed by atoms with van der Waals surface area (Å²) in [7, 11) is 1.40. The number of benzene rings is 1. The predicted molar refractivity (Wildman–Crippen MR) is 71.2 cm³/mol. The lowest BCUT2D eigenvalue weighted by Crippen LogP contribution is -2.21. The lowest BCUT2D eigenvalue weighted by Gasteiger charge is -2.06. The molecule has 106 valence electrons. The Morgan fingerprint density at radius 1 is 1.55 bits per heavy atom. The number of aromatic amines is 1. The third kappa shape index (κ3) is 3.67. The molecule has 1 heterocycles. The Balaban J connectivity index is 1.88. The van der Waals surface area contributed by atoms with E-state index in [-0.39, 0.29) is 24.3 Å². The molecular formula is C11H10BrFN4O3. The Labute approximate surface area is 121 Å². The van der Waals surface area contributed by atoms with Crippen LogP contribution in [0.2, 0.25) is 0 Å². The van der Waals surface area contributed by atoms with E-state index in [0.29, 0.717) is 4.47 Å². The maximum atomic E-state index is 13.4. The summed E-state index contributed by atoms with van der Waals surface area (Å²) < 4.78 is 23.8. The molecule has 9 heteroatoms. The van der Waals surface area contributed by atoms with E-state index in [4.69, 9.17) is 9.47 Å². The molecule has 0 unspecified atom stereocenters. The number of rotatable bonds is 5. The third-order valence-electron chi connectivity index (χ3n) is 2.16. The van der Waals surface area contributed by atoms with Gasteiger partial charge in [-0.15, -0.1) is 5.10 Å². The molecule has 2 aromatic rings. The molecule has 0 aliphatic rings. The molecule has 0 atom stereocenters. The van der Waals surface area contributed by atoms with Crippen molar-refractivity contribution in [3.63, 3.8) is 0 Å². The monoisotopic (exact) mass is 344 g/mol. The van der Waals surface area contributed by atoms with Crippen LogP contribution in [-0.2, 0) is 4.79 Å². The van der Waals surface area contributed by atoms with Gasteiger partial charge in [0.2, 0.25) is 5.95 Å². The molecule has 0 spiro atoms. The average Bonchev–Trinajstić information content (AvgIpc) is 2.85. The number of carbonyl (C=O) groups is 1. The molecule has 0 bridgehead atoms. The topological polar surface area (TPSA) is 89.1 Å². The summed E-state index contributed by atoms with van der Waals surface area (Å²) in [5, 5.41) is 8.49. The fourth-order valence-electron chi connectivity index (χ4n) is 1.30. The van der Waals surface area contributed by atoms with E-state index in [1.165, 1.54) is 19.2 Å². The number of halogens is 2. The summed E-state index contributed by atoms with van der Waals surface area (Å²) in [6.45, 7) is -0.360. The minimum absolute atomic E-state index is 0.0153. The smallest absolute Gasteiger partial charge is 0.336 e. The molecular weight excluding hydrogens is 335 g/mol. The molecule has 0 fully saturated rings. The Morgan fingerprint density at radius 2 is 2.35 bits per heavy atom. The zero-order chi connectivity index (χ0) is 14.5. The largest absolute Gasteiger partial charge is 0.481 e. The van der Waals surface area contributed by atoms with Crippen LogP contribution in [0.15, 0.2) is 22.7 Å². The molecule has 1 amide bonds. The minimum Gasteiger partial charge on any atom is -0.481 e. The van der Waals surface area contributed by atoms with Gasteiger partial charge in [0.25, 0.3) is 5.91 Å². The molecule has 1 aromatic heterocycles. The number of hydrogen-bond acceptors (Lipinski definition) is 5. The highest BCUT2D eigenvalue weighted by Gasteiger charge is 2.10. The van der Waals surface area contributed by atoms with Gasteiger partial charge in [-0.1, -0.05) is 15.9 Å². The number of aromatic nitrogens is 3. The van der Waals surface area contributed by atoms with E-state index in [9.17, 15) is 9.18 Å². The van der Waals surface area contributed by atoms with Crippen molar-refractivity contribution in [1.82, 2.24) is 15.2 Å². The molecule has 0 saturated heterocycles. The first-order valence-corrected chi connectivity index (χ1v) is 6.22. The van der Waals surface area contributed by atoms with E-state index >= 15 is 0 Å². The van der Waals surface area contributed by atoms with Gasteiger partial charge in [-0.25, -0.2) is 9.49 Å². The standard InChI is InChI=1S/C11H10BrFN4O3/c1-19-11-15-10(16-17-11)14-9(18)5-20-8-3-2-6(12)4-7(8)13/h2-4H,5H2,1H3,(H2,14,15,16,17,18). The number of ether oxygens (including phenoxy) is 2. The summed E-state index contributed by atoms with van der Waals surface area (Å²) >= 11 is 3.12. The summed E-state index contributed by atoms with van der Waals surface area (Å²) in [5.41, 5.74) is 0. The predicted octanol–water partition coefficient (Wildman–Crippen LogP) is 1.73. The van der Waals surface area contributed by atoms with E-state index in [2.05, 4.69) is 36.4 Å². The van der Waals surface area contributed by atoms with Crippen molar-refractivity contribution in [2.24, 2.45) is 0 Å². The first-order valence-electron chi connectivity index (χ1n) is 5.42. The number of carbonyl (C=O) groups excluding carboxylic acids is 1. The number of methoxy groups -OCH3 is 1. The summed E-state index contributed by atoms with van der Waals surface area (Å²) in [6, 6.07) is 4.37. The van der Waals surface area contributed by atoms with Crippen LogP contribution < -0.4 is 14.8 Å². The fourth-order valence-corrected chi connectivity index (χ4v) is 1.63. The number of nitrogens with one attached hydrogen (secondary N) is 2. The van der Waals surface area contributed by atoms with E-state index in [1.54, 1.807) is 6.07 Å². The van der Waals surface area contributed by atoms with Crippen molar-refractivity contribution in [3.8, 4) is 11.8 Å². The molecule has 0 radical (unpaired) electrons. The van der Waals surface area contributed by atoms with Crippen LogP contribution in [0.25, 0.3) is 0 Å². The van der Waals surface area contributed by atoms with Gasteiger partial charge in [0, 0.05) is 4.47 Å². The van der Waals surface area contributed by atoms with Gasteiger partial charge >= 0.3 is 6.01 Å². The zero-order valence-corrected chi connectivity index (χ0v) is 11.9. The Morgan fingerprint density at radius 3 is 3.00 bits per heavy atom. The summed E-state index contributed by atoms with van der Waals surface area (Å²) in [4.78, 5) is 15.4. The van der Waals surface area contributed by atoms with E-state index in [1.807, 2.05) is 0 Å². The van der Waals surface area contributed by atoms with Crippen molar-refractivity contribution in [1.29, 1.82) is 0 Å². The Bertz CT molecular complexity index is 619. The average molecular weight is 345 g/mol. The molecule has 2 rings (SSSR count). The van der Waals surface area contributed by atoms with E-state index < -0.39 is 11.7 Å². The van der Waals surface area contributed by atoms with Gasteiger partial charge in [-0.3, -0.25) is 10.1 Å². The lowest BCUT2D eigenvalue weighted by atomic mass is 10.3. The second kappa shape index (κ2) is 6.33. The van der Waals surface area contributed by atoms with Gasteiger partial charge in [0.1, 0.15) is 0 Å². The molecule has 0 aliphatic carbocycles. The van der Waals surface area contributed by atoms with Crippen LogP contribution >= 0.6 is 15.9 Å². The van der Waals surface area contributed by atoms with Gasteiger partial charge in [-0.05, 0) is 18.2 Å². The van der Waals surface area contributed by atoms with Gasteiger partial charge < -0.3 is 9.47 Å². The van der Waals surface area contributed by atoms with Crippen LogP contribution in [-0.4, -0.2) is 34.8 Å². The normalized spacial score (nSPS) is 10.2. The molecule has 2 N–H and O–H groups in total. The molecule has 20 heavy (non-hydrogen) atoms. The SMILES string of the molecule is COc1n[nH]c(NC(=O)COc2ccc(Br)cc2F)n1. The number of nitrogens with zero attached hydrogens (tertiary/aromatic N) is 2. The summed E-state index contributed by atoms with van der Waals surface area (Å²) in [5.74, 6) is -0.968. The van der Waals surface area contributed by atoms with Crippen LogP contribution in [0.4, 0.5) is 10.3 Å². The van der Waals surface area contributed by atoms with Crippen LogP contribution in [0.1, 0.15) is 0 Å².